The van der Waals surface area contributed by atoms with Gasteiger partial charge in [0.05, 0.1) is 17.6 Å². The maximum absolute atomic E-state index is 12.6. The Labute approximate surface area is 192 Å². The van der Waals surface area contributed by atoms with E-state index in [1.54, 1.807) is 26.8 Å². The van der Waals surface area contributed by atoms with Gasteiger partial charge in [-0.2, -0.15) is 0 Å². The Morgan fingerprint density at radius 2 is 1.94 bits per heavy atom. The molecule has 0 radical (unpaired) electrons. The molecule has 1 saturated heterocycles. The first-order valence-corrected chi connectivity index (χ1v) is 11.2. The maximum Gasteiger partial charge on any atom is 0.334 e. The molecule has 2 rings (SSSR count). The zero-order chi connectivity index (χ0) is 24.4. The third-order valence-electron chi connectivity index (χ3n) is 6.65. The fraction of sp³-hybridized carbons (Fsp3) is 0.615. The standard InChI is InChI=1S/C26H38O6/c1-10-16(5)24(28)30-20-12-15(4)11-19(32-26(8,9)14(2)3)13-17(6)22(27)23-21(20)18(7)25(29)31-23/h10,13,15,19-23,27H,2,7,11-12H2,1,3-6,8-9H3. The van der Waals surface area contributed by atoms with Crippen molar-refractivity contribution in [2.75, 3.05) is 0 Å². The SMILES string of the molecule is C=C1C(=O)OC2C(O)C(C)=CC(OC(C)(C)C(=C)C)CC(C)CC(OC(=O)C(C)=CC)C12. The molecular formula is C26H38O6. The molecule has 1 fully saturated rings. The number of carbonyl (C=O) groups excluding carboxylic acids is 2. The molecule has 0 saturated carbocycles. The predicted octanol–water partition coefficient (Wildman–Crippen LogP) is 4.44. The normalized spacial score (nSPS) is 32.0. The summed E-state index contributed by atoms with van der Waals surface area (Å²) < 4.78 is 17.7. The fourth-order valence-corrected chi connectivity index (χ4v) is 4.09. The lowest BCUT2D eigenvalue weighted by Crippen LogP contribution is -2.42. The van der Waals surface area contributed by atoms with Crippen molar-refractivity contribution in [3.05, 3.63) is 47.6 Å². The van der Waals surface area contributed by atoms with Crippen LogP contribution in [-0.4, -0.2) is 47.1 Å². The van der Waals surface area contributed by atoms with Gasteiger partial charge >= 0.3 is 11.9 Å². The molecule has 6 heteroatoms. The Kier molecular flexibility index (Phi) is 8.29. The number of hydrogen-bond donors (Lipinski definition) is 1. The Balaban J connectivity index is 2.47. The highest BCUT2D eigenvalue weighted by Gasteiger charge is 2.49. The molecule has 6 unspecified atom stereocenters. The number of hydrogen-bond acceptors (Lipinski definition) is 6. The molecule has 6 nitrogen and oxygen atoms in total. The van der Waals surface area contributed by atoms with Crippen LogP contribution in [0.25, 0.3) is 0 Å². The quantitative estimate of drug-likeness (QED) is 0.382. The van der Waals surface area contributed by atoms with Gasteiger partial charge in [-0.1, -0.05) is 32.2 Å². The molecule has 2 aliphatic rings. The van der Waals surface area contributed by atoms with Crippen molar-refractivity contribution in [1.82, 2.24) is 0 Å². The molecule has 0 aromatic carbocycles. The van der Waals surface area contributed by atoms with E-state index in [4.69, 9.17) is 14.2 Å². The smallest absolute Gasteiger partial charge is 0.334 e. The van der Waals surface area contributed by atoms with Crippen LogP contribution in [0, 0.1) is 11.8 Å². The van der Waals surface area contributed by atoms with E-state index >= 15 is 0 Å². The van der Waals surface area contributed by atoms with E-state index in [-0.39, 0.29) is 17.6 Å². The van der Waals surface area contributed by atoms with E-state index in [0.717, 1.165) is 5.57 Å². The first-order valence-electron chi connectivity index (χ1n) is 11.2. The van der Waals surface area contributed by atoms with Gasteiger partial charge < -0.3 is 19.3 Å². The minimum Gasteiger partial charge on any atom is -0.458 e. The summed E-state index contributed by atoms with van der Waals surface area (Å²) in [6.45, 7) is 21.0. The Morgan fingerprint density at radius 1 is 1.31 bits per heavy atom. The fourth-order valence-electron chi connectivity index (χ4n) is 4.09. The number of allylic oxidation sites excluding steroid dienone is 1. The molecular weight excluding hydrogens is 408 g/mol. The molecule has 0 bridgehead atoms. The van der Waals surface area contributed by atoms with Crippen LogP contribution in [0.2, 0.25) is 0 Å². The van der Waals surface area contributed by atoms with Crippen molar-refractivity contribution in [3.63, 3.8) is 0 Å². The van der Waals surface area contributed by atoms with Crippen LogP contribution in [-0.2, 0) is 23.8 Å². The molecule has 0 aromatic rings. The molecule has 1 aliphatic heterocycles. The first-order chi connectivity index (χ1) is 14.8. The summed E-state index contributed by atoms with van der Waals surface area (Å²) in [4.78, 5) is 25.0. The van der Waals surface area contributed by atoms with E-state index in [2.05, 4.69) is 20.1 Å². The maximum atomic E-state index is 12.6. The van der Waals surface area contributed by atoms with Crippen molar-refractivity contribution in [3.8, 4) is 0 Å². The van der Waals surface area contributed by atoms with Gasteiger partial charge in [0.2, 0.25) is 0 Å². The summed E-state index contributed by atoms with van der Waals surface area (Å²) in [5.74, 6) is -1.56. The Hall–Kier alpha value is -2.18. The third kappa shape index (κ3) is 5.78. The highest BCUT2D eigenvalue weighted by Crippen LogP contribution is 2.39. The minimum absolute atomic E-state index is 0.0908. The van der Waals surface area contributed by atoms with Gasteiger partial charge in [0.1, 0.15) is 18.3 Å². The summed E-state index contributed by atoms with van der Waals surface area (Å²) in [7, 11) is 0. The van der Waals surface area contributed by atoms with Crippen LogP contribution in [0.5, 0.6) is 0 Å². The number of ether oxygens (including phenoxy) is 3. The molecule has 178 valence electrons. The van der Waals surface area contributed by atoms with E-state index < -0.39 is 41.8 Å². The first kappa shape index (κ1) is 26.1. The van der Waals surface area contributed by atoms with E-state index in [0.29, 0.717) is 24.0 Å². The molecule has 1 heterocycles. The second-order valence-electron chi connectivity index (χ2n) is 9.72. The summed E-state index contributed by atoms with van der Waals surface area (Å²) in [5, 5.41) is 11.1. The second kappa shape index (κ2) is 10.2. The molecule has 1 aliphatic carbocycles. The van der Waals surface area contributed by atoms with Crippen LogP contribution in [0.15, 0.2) is 47.6 Å². The summed E-state index contributed by atoms with van der Waals surface area (Å²) in [5.41, 5.74) is 1.67. The van der Waals surface area contributed by atoms with E-state index in [1.807, 2.05) is 26.8 Å². The number of esters is 2. The highest BCUT2D eigenvalue weighted by atomic mass is 16.6. The Morgan fingerprint density at radius 3 is 2.50 bits per heavy atom. The van der Waals surface area contributed by atoms with Crippen molar-refractivity contribution in [2.45, 2.75) is 91.3 Å². The number of rotatable bonds is 5. The van der Waals surface area contributed by atoms with Crippen molar-refractivity contribution >= 4 is 11.9 Å². The Bertz CT molecular complexity index is 833. The molecule has 6 atom stereocenters. The van der Waals surface area contributed by atoms with Crippen LogP contribution in [0.1, 0.15) is 61.3 Å². The molecule has 1 N–H and O–H groups in total. The number of carbonyl (C=O) groups is 2. The zero-order valence-corrected chi connectivity index (χ0v) is 20.4. The largest absolute Gasteiger partial charge is 0.458 e. The van der Waals surface area contributed by atoms with Crippen LogP contribution < -0.4 is 0 Å². The monoisotopic (exact) mass is 446 g/mol. The summed E-state index contributed by atoms with van der Waals surface area (Å²) in [6, 6.07) is 0. The lowest BCUT2D eigenvalue weighted by atomic mass is 9.80. The van der Waals surface area contributed by atoms with Crippen LogP contribution in [0.4, 0.5) is 0 Å². The van der Waals surface area contributed by atoms with Gasteiger partial charge in [-0.3, -0.25) is 0 Å². The zero-order valence-electron chi connectivity index (χ0n) is 20.4. The molecule has 0 aromatic heterocycles. The lowest BCUT2D eigenvalue weighted by molar-refractivity contribution is -0.152. The predicted molar refractivity (Wildman–Crippen MR) is 124 cm³/mol. The average Bonchev–Trinajstić information content (AvgIpc) is 2.99. The summed E-state index contributed by atoms with van der Waals surface area (Å²) >= 11 is 0. The molecule has 0 amide bonds. The van der Waals surface area contributed by atoms with E-state index in [9.17, 15) is 14.7 Å². The van der Waals surface area contributed by atoms with Crippen LogP contribution in [0.3, 0.4) is 0 Å². The lowest BCUT2D eigenvalue weighted by Gasteiger charge is -2.36. The average molecular weight is 447 g/mol. The van der Waals surface area contributed by atoms with Crippen molar-refractivity contribution in [2.24, 2.45) is 11.8 Å². The number of aliphatic hydroxyl groups excluding tert-OH is 1. The van der Waals surface area contributed by atoms with Gasteiger partial charge in [0.25, 0.3) is 0 Å². The van der Waals surface area contributed by atoms with Gasteiger partial charge in [0.15, 0.2) is 0 Å². The summed E-state index contributed by atoms with van der Waals surface area (Å²) in [6.07, 6.45) is 1.80. The molecule has 32 heavy (non-hydrogen) atoms. The number of fused-ring (bicyclic) bond motifs is 1. The second-order valence-corrected chi connectivity index (χ2v) is 9.72. The molecule has 0 spiro atoms. The number of aliphatic hydroxyl groups is 1. The van der Waals surface area contributed by atoms with Gasteiger partial charge in [-0.25, -0.2) is 9.59 Å². The van der Waals surface area contributed by atoms with Gasteiger partial charge in [0, 0.05) is 11.1 Å². The van der Waals surface area contributed by atoms with Crippen molar-refractivity contribution in [1.29, 1.82) is 0 Å². The van der Waals surface area contributed by atoms with E-state index in [1.165, 1.54) is 0 Å². The highest BCUT2D eigenvalue weighted by molar-refractivity contribution is 5.91. The van der Waals surface area contributed by atoms with Gasteiger partial charge in [-0.05, 0) is 71.4 Å². The van der Waals surface area contributed by atoms with Crippen molar-refractivity contribution < 1.29 is 28.9 Å². The minimum atomic E-state index is -1.07. The van der Waals surface area contributed by atoms with Gasteiger partial charge in [-0.15, -0.1) is 0 Å². The topological polar surface area (TPSA) is 82.1 Å². The van der Waals surface area contributed by atoms with Crippen LogP contribution >= 0.6 is 0 Å². The third-order valence-corrected chi connectivity index (χ3v) is 6.65.